The van der Waals surface area contributed by atoms with Crippen LogP contribution >= 0.6 is 0 Å². The molecule has 0 heterocycles. The van der Waals surface area contributed by atoms with Crippen molar-refractivity contribution in [3.63, 3.8) is 0 Å². The Labute approximate surface area is 116 Å². The first kappa shape index (κ1) is 16.0. The van der Waals surface area contributed by atoms with E-state index in [0.717, 1.165) is 25.7 Å². The van der Waals surface area contributed by atoms with E-state index in [1.807, 2.05) is 6.92 Å². The van der Waals surface area contributed by atoms with Crippen LogP contribution in [-0.2, 0) is 14.3 Å². The topological polar surface area (TPSA) is 55.4 Å². The normalized spacial score (nSPS) is 23.8. The van der Waals surface area contributed by atoms with Gasteiger partial charge in [0.05, 0.1) is 12.5 Å². The zero-order chi connectivity index (χ0) is 14.5. The van der Waals surface area contributed by atoms with Gasteiger partial charge in [0.2, 0.25) is 5.91 Å². The van der Waals surface area contributed by atoms with Crippen molar-refractivity contribution in [1.82, 2.24) is 5.32 Å². The van der Waals surface area contributed by atoms with Crippen LogP contribution in [-0.4, -0.2) is 24.5 Å². The summed E-state index contributed by atoms with van der Waals surface area (Å²) in [6, 6.07) is 0.223. The van der Waals surface area contributed by atoms with Crippen LogP contribution in [0.3, 0.4) is 0 Å². The van der Waals surface area contributed by atoms with E-state index in [0.29, 0.717) is 13.0 Å². The largest absolute Gasteiger partial charge is 0.466 e. The smallest absolute Gasteiger partial charge is 0.308 e. The van der Waals surface area contributed by atoms with E-state index < -0.39 is 0 Å². The van der Waals surface area contributed by atoms with Crippen molar-refractivity contribution in [2.45, 2.75) is 65.8 Å². The SMILES string of the molecule is CCOC(=O)C1CCC(NC(=O)CC(C)(C)C)CC1. The van der Waals surface area contributed by atoms with Gasteiger partial charge in [-0.2, -0.15) is 0 Å². The van der Waals surface area contributed by atoms with Gasteiger partial charge in [-0.05, 0) is 38.0 Å². The number of nitrogens with one attached hydrogen (secondary N) is 1. The number of carbonyl (C=O) groups excluding carboxylic acids is 2. The number of carbonyl (C=O) groups is 2. The average molecular weight is 269 g/mol. The highest BCUT2D eigenvalue weighted by molar-refractivity contribution is 5.77. The Morgan fingerprint density at radius 1 is 1.16 bits per heavy atom. The lowest BCUT2D eigenvalue weighted by molar-refractivity contribution is -0.149. The van der Waals surface area contributed by atoms with Crippen LogP contribution in [0.25, 0.3) is 0 Å². The maximum absolute atomic E-state index is 11.8. The van der Waals surface area contributed by atoms with Gasteiger partial charge in [-0.25, -0.2) is 0 Å². The monoisotopic (exact) mass is 269 g/mol. The molecule has 4 nitrogen and oxygen atoms in total. The quantitative estimate of drug-likeness (QED) is 0.798. The lowest BCUT2D eigenvalue weighted by atomic mass is 9.85. The van der Waals surface area contributed by atoms with Gasteiger partial charge in [0.15, 0.2) is 0 Å². The minimum atomic E-state index is -0.0815. The summed E-state index contributed by atoms with van der Waals surface area (Å²) in [6.07, 6.45) is 3.93. The highest BCUT2D eigenvalue weighted by atomic mass is 16.5. The van der Waals surface area contributed by atoms with E-state index >= 15 is 0 Å². The number of rotatable bonds is 4. The van der Waals surface area contributed by atoms with Crippen LogP contribution in [0, 0.1) is 11.3 Å². The Balaban J connectivity index is 2.30. The summed E-state index contributed by atoms with van der Waals surface area (Å²) >= 11 is 0. The molecule has 1 amide bonds. The Morgan fingerprint density at radius 2 is 1.74 bits per heavy atom. The highest BCUT2D eigenvalue weighted by Crippen LogP contribution is 2.26. The molecule has 1 aliphatic rings. The molecule has 0 aromatic carbocycles. The van der Waals surface area contributed by atoms with Gasteiger partial charge in [-0.1, -0.05) is 20.8 Å². The second kappa shape index (κ2) is 6.92. The van der Waals surface area contributed by atoms with E-state index in [2.05, 4.69) is 26.1 Å². The van der Waals surface area contributed by atoms with Crippen molar-refractivity contribution < 1.29 is 14.3 Å². The molecule has 0 aromatic heterocycles. The fourth-order valence-corrected chi connectivity index (χ4v) is 2.49. The molecule has 0 aromatic rings. The molecule has 1 N–H and O–H groups in total. The molecular weight excluding hydrogens is 242 g/mol. The zero-order valence-electron chi connectivity index (χ0n) is 12.6. The van der Waals surface area contributed by atoms with Gasteiger partial charge in [-0.3, -0.25) is 9.59 Å². The van der Waals surface area contributed by atoms with Gasteiger partial charge in [0.25, 0.3) is 0 Å². The maximum atomic E-state index is 11.8. The molecule has 0 saturated heterocycles. The van der Waals surface area contributed by atoms with Crippen molar-refractivity contribution in [2.75, 3.05) is 6.61 Å². The van der Waals surface area contributed by atoms with E-state index in [-0.39, 0.29) is 29.3 Å². The molecule has 0 radical (unpaired) electrons. The summed E-state index contributed by atoms with van der Waals surface area (Å²) in [5.41, 5.74) is 0.0201. The lowest BCUT2D eigenvalue weighted by Gasteiger charge is -2.28. The number of ether oxygens (including phenoxy) is 1. The molecule has 4 heteroatoms. The molecule has 0 bridgehead atoms. The Bertz CT molecular complexity index is 312. The standard InChI is InChI=1S/C15H27NO3/c1-5-19-14(18)11-6-8-12(9-7-11)16-13(17)10-15(2,3)4/h11-12H,5-10H2,1-4H3,(H,16,17). The van der Waals surface area contributed by atoms with Crippen molar-refractivity contribution in [1.29, 1.82) is 0 Å². The number of esters is 1. The third-order valence-corrected chi connectivity index (χ3v) is 3.40. The van der Waals surface area contributed by atoms with Crippen molar-refractivity contribution >= 4 is 11.9 Å². The van der Waals surface area contributed by atoms with E-state index in [1.54, 1.807) is 0 Å². The van der Waals surface area contributed by atoms with Crippen LogP contribution in [0.2, 0.25) is 0 Å². The molecule has 0 aliphatic heterocycles. The fourth-order valence-electron chi connectivity index (χ4n) is 2.49. The van der Waals surface area contributed by atoms with Gasteiger partial charge in [0.1, 0.15) is 0 Å². The number of amides is 1. The van der Waals surface area contributed by atoms with Gasteiger partial charge in [0, 0.05) is 12.5 Å². The Morgan fingerprint density at radius 3 is 2.21 bits per heavy atom. The van der Waals surface area contributed by atoms with Crippen LogP contribution in [0.4, 0.5) is 0 Å². The lowest BCUT2D eigenvalue weighted by Crippen LogP contribution is -2.40. The molecule has 1 fully saturated rings. The minimum Gasteiger partial charge on any atom is -0.466 e. The fraction of sp³-hybridized carbons (Fsp3) is 0.867. The van der Waals surface area contributed by atoms with Crippen LogP contribution < -0.4 is 5.32 Å². The van der Waals surface area contributed by atoms with E-state index in [4.69, 9.17) is 4.74 Å². The molecule has 1 saturated carbocycles. The second-order valence-electron chi connectivity index (χ2n) is 6.61. The van der Waals surface area contributed by atoms with Gasteiger partial charge < -0.3 is 10.1 Å². The minimum absolute atomic E-state index is 0.0201. The number of hydrogen-bond donors (Lipinski definition) is 1. The van der Waals surface area contributed by atoms with Gasteiger partial charge >= 0.3 is 5.97 Å². The molecule has 1 rings (SSSR count). The molecule has 0 atom stereocenters. The Hall–Kier alpha value is -1.06. The summed E-state index contributed by atoms with van der Waals surface area (Å²) in [5, 5.41) is 3.08. The first-order valence-corrected chi connectivity index (χ1v) is 7.28. The molecule has 110 valence electrons. The van der Waals surface area contributed by atoms with E-state index in [9.17, 15) is 9.59 Å². The van der Waals surface area contributed by atoms with E-state index in [1.165, 1.54) is 0 Å². The first-order chi connectivity index (χ1) is 8.81. The van der Waals surface area contributed by atoms with Crippen molar-refractivity contribution in [3.05, 3.63) is 0 Å². The molecule has 1 aliphatic carbocycles. The molecule has 0 spiro atoms. The third-order valence-electron chi connectivity index (χ3n) is 3.40. The highest BCUT2D eigenvalue weighted by Gasteiger charge is 2.28. The summed E-state index contributed by atoms with van der Waals surface area (Å²) < 4.78 is 5.04. The predicted molar refractivity (Wildman–Crippen MR) is 74.6 cm³/mol. The third kappa shape index (κ3) is 6.08. The molecular formula is C15H27NO3. The van der Waals surface area contributed by atoms with Crippen molar-refractivity contribution in [2.24, 2.45) is 11.3 Å². The summed E-state index contributed by atoms with van der Waals surface area (Å²) in [5.74, 6) is 0.0600. The van der Waals surface area contributed by atoms with Gasteiger partial charge in [-0.15, -0.1) is 0 Å². The van der Waals surface area contributed by atoms with Crippen molar-refractivity contribution in [3.8, 4) is 0 Å². The Kier molecular flexibility index (Phi) is 5.83. The summed E-state index contributed by atoms with van der Waals surface area (Å²) in [7, 11) is 0. The van der Waals surface area contributed by atoms with Crippen LogP contribution in [0.15, 0.2) is 0 Å². The zero-order valence-corrected chi connectivity index (χ0v) is 12.6. The summed E-state index contributed by atoms with van der Waals surface area (Å²) in [6.45, 7) is 8.45. The van der Waals surface area contributed by atoms with Crippen LogP contribution in [0.5, 0.6) is 0 Å². The predicted octanol–water partition coefficient (Wildman–Crippen LogP) is 2.66. The molecule has 0 unspecified atom stereocenters. The second-order valence-corrected chi connectivity index (χ2v) is 6.61. The average Bonchev–Trinajstić information content (AvgIpc) is 2.27. The number of hydrogen-bond acceptors (Lipinski definition) is 3. The summed E-state index contributed by atoms with van der Waals surface area (Å²) in [4.78, 5) is 23.4. The maximum Gasteiger partial charge on any atom is 0.308 e. The first-order valence-electron chi connectivity index (χ1n) is 7.28. The molecule has 19 heavy (non-hydrogen) atoms. The van der Waals surface area contributed by atoms with Crippen LogP contribution in [0.1, 0.15) is 59.8 Å².